The molecule has 0 saturated heterocycles. The van der Waals surface area contributed by atoms with E-state index in [-0.39, 0.29) is 5.60 Å². The Morgan fingerprint density at radius 1 is 1.30 bits per heavy atom. The lowest BCUT2D eigenvalue weighted by atomic mass is 9.77. The van der Waals surface area contributed by atoms with Gasteiger partial charge in [-0.05, 0) is 63.2 Å². The first kappa shape index (κ1) is 13.1. The van der Waals surface area contributed by atoms with E-state index in [1.54, 1.807) is 0 Å². The molecule has 8 atom stereocenters. The molecule has 0 radical (unpaired) electrons. The van der Waals surface area contributed by atoms with Gasteiger partial charge in [0.1, 0.15) is 0 Å². The minimum absolute atomic E-state index is 0.0809. The van der Waals surface area contributed by atoms with Crippen LogP contribution in [0.25, 0.3) is 0 Å². The molecule has 1 N–H and O–H groups in total. The second kappa shape index (κ2) is 3.78. The Labute approximate surface area is 121 Å². The third-order valence-corrected chi connectivity index (χ3v) is 6.12. The van der Waals surface area contributed by atoms with Crippen molar-refractivity contribution in [3.63, 3.8) is 0 Å². The minimum atomic E-state index is -0.675. The zero-order chi connectivity index (χ0) is 14.3. The summed E-state index contributed by atoms with van der Waals surface area (Å²) >= 11 is 0. The predicted octanol–water partition coefficient (Wildman–Crippen LogP) is 3.18. The number of aliphatic hydroxyl groups is 1. The van der Waals surface area contributed by atoms with E-state index in [0.29, 0.717) is 36.2 Å². The van der Waals surface area contributed by atoms with E-state index in [2.05, 4.69) is 39.5 Å². The first-order valence-electron chi connectivity index (χ1n) is 8.06. The molecule has 0 aliphatic heterocycles. The minimum Gasteiger partial charge on any atom is -0.385 e. The van der Waals surface area contributed by atoms with Crippen LogP contribution in [-0.4, -0.2) is 22.4 Å². The first-order valence-corrected chi connectivity index (χ1v) is 8.06. The van der Waals surface area contributed by atoms with Gasteiger partial charge in [-0.1, -0.05) is 18.2 Å². The molecule has 5 aliphatic carbocycles. The monoisotopic (exact) mass is 274 g/mol. The maximum atomic E-state index is 11.1. The number of hydrogen-bond acceptors (Lipinski definition) is 2. The number of rotatable bonds is 3. The van der Waals surface area contributed by atoms with Crippen LogP contribution in [0.2, 0.25) is 0 Å². The van der Waals surface area contributed by atoms with Crippen LogP contribution in [0, 0.1) is 35.5 Å². The van der Waals surface area contributed by atoms with Crippen LogP contribution in [0.3, 0.4) is 0 Å². The molecule has 4 fully saturated rings. The summed E-state index contributed by atoms with van der Waals surface area (Å²) in [6, 6.07) is 0. The highest BCUT2D eigenvalue weighted by Gasteiger charge is 2.81. The standard InChI is InChI=1S/C18H26O2/c1-5-8-18(19)9-6-7-10-11-13-14(11)16(12(10)15(13)18)20-17(2,3)4/h5-6,9-16,19H,1,7-8H2,2-4H3. The van der Waals surface area contributed by atoms with Gasteiger partial charge in [-0.25, -0.2) is 0 Å². The Bertz CT molecular complexity index is 474. The average Bonchev–Trinajstić information content (AvgIpc) is 2.71. The lowest BCUT2D eigenvalue weighted by molar-refractivity contribution is -0.0942. The fraction of sp³-hybridized carbons (Fsp3) is 0.778. The van der Waals surface area contributed by atoms with Gasteiger partial charge in [-0.2, -0.15) is 0 Å². The van der Waals surface area contributed by atoms with Gasteiger partial charge in [0, 0.05) is 5.92 Å². The van der Waals surface area contributed by atoms with E-state index in [4.69, 9.17) is 4.74 Å². The maximum absolute atomic E-state index is 11.1. The van der Waals surface area contributed by atoms with Crippen molar-refractivity contribution in [2.24, 2.45) is 35.5 Å². The lowest BCUT2D eigenvalue weighted by Gasteiger charge is -2.35. The molecule has 0 aromatic rings. The molecule has 6 bridgehead atoms. The quantitative estimate of drug-likeness (QED) is 0.801. The van der Waals surface area contributed by atoms with Gasteiger partial charge < -0.3 is 9.84 Å². The zero-order valence-electron chi connectivity index (χ0n) is 12.8. The molecule has 5 rings (SSSR count). The molecule has 20 heavy (non-hydrogen) atoms. The summed E-state index contributed by atoms with van der Waals surface area (Å²) in [7, 11) is 0. The van der Waals surface area contributed by atoms with E-state index in [1.165, 1.54) is 0 Å². The van der Waals surface area contributed by atoms with E-state index in [1.807, 2.05) is 6.08 Å². The van der Waals surface area contributed by atoms with Crippen LogP contribution in [0.1, 0.15) is 33.6 Å². The van der Waals surface area contributed by atoms with Gasteiger partial charge in [-0.3, -0.25) is 0 Å². The van der Waals surface area contributed by atoms with Crippen molar-refractivity contribution in [2.75, 3.05) is 0 Å². The summed E-state index contributed by atoms with van der Waals surface area (Å²) in [4.78, 5) is 0. The molecule has 0 amide bonds. The van der Waals surface area contributed by atoms with Gasteiger partial charge in [0.05, 0.1) is 17.3 Å². The smallest absolute Gasteiger partial charge is 0.0896 e. The SMILES string of the molecule is C=CCC1(O)C=CCC2C3C4C(OC(C)(C)C)C2C1C34. The lowest BCUT2D eigenvalue weighted by Crippen LogP contribution is -2.41. The molecule has 2 nitrogen and oxygen atoms in total. The molecule has 0 aromatic heterocycles. The third kappa shape index (κ3) is 1.52. The zero-order valence-corrected chi connectivity index (χ0v) is 12.8. The molecular weight excluding hydrogens is 248 g/mol. The largest absolute Gasteiger partial charge is 0.385 e. The predicted molar refractivity (Wildman–Crippen MR) is 79.1 cm³/mol. The molecule has 4 saturated carbocycles. The van der Waals surface area contributed by atoms with E-state index < -0.39 is 5.60 Å². The molecule has 0 heterocycles. The number of allylic oxidation sites excluding steroid dienone is 1. The van der Waals surface area contributed by atoms with Crippen molar-refractivity contribution in [3.8, 4) is 0 Å². The fourth-order valence-corrected chi connectivity index (χ4v) is 5.88. The average molecular weight is 274 g/mol. The maximum Gasteiger partial charge on any atom is 0.0896 e. The Kier molecular flexibility index (Phi) is 2.47. The Hall–Kier alpha value is -0.600. The molecule has 8 unspecified atom stereocenters. The van der Waals surface area contributed by atoms with Crippen molar-refractivity contribution in [2.45, 2.75) is 50.9 Å². The van der Waals surface area contributed by atoms with Crippen molar-refractivity contribution in [1.29, 1.82) is 0 Å². The second-order valence-electron chi connectivity index (χ2n) is 8.32. The highest BCUT2D eigenvalue weighted by atomic mass is 16.5. The first-order chi connectivity index (χ1) is 9.37. The van der Waals surface area contributed by atoms with Crippen LogP contribution < -0.4 is 0 Å². The molecule has 2 heteroatoms. The topological polar surface area (TPSA) is 29.5 Å². The Balaban J connectivity index is 1.67. The van der Waals surface area contributed by atoms with Gasteiger partial charge >= 0.3 is 0 Å². The summed E-state index contributed by atoms with van der Waals surface area (Å²) < 4.78 is 6.41. The van der Waals surface area contributed by atoms with Gasteiger partial charge in [0.25, 0.3) is 0 Å². The Morgan fingerprint density at radius 3 is 2.70 bits per heavy atom. The van der Waals surface area contributed by atoms with Crippen LogP contribution in [0.4, 0.5) is 0 Å². The van der Waals surface area contributed by atoms with E-state index >= 15 is 0 Å². The summed E-state index contributed by atoms with van der Waals surface area (Å²) in [6.45, 7) is 10.3. The van der Waals surface area contributed by atoms with Crippen molar-refractivity contribution in [1.82, 2.24) is 0 Å². The van der Waals surface area contributed by atoms with Crippen LogP contribution in [0.15, 0.2) is 24.8 Å². The molecule has 0 spiro atoms. The van der Waals surface area contributed by atoms with Crippen LogP contribution >= 0.6 is 0 Å². The normalized spacial score (nSPS) is 54.9. The third-order valence-electron chi connectivity index (χ3n) is 6.12. The Morgan fingerprint density at radius 2 is 2.05 bits per heavy atom. The molecule has 5 aliphatic rings. The summed E-state index contributed by atoms with van der Waals surface area (Å²) in [5.41, 5.74) is -0.756. The van der Waals surface area contributed by atoms with Gasteiger partial charge in [-0.15, -0.1) is 6.58 Å². The van der Waals surface area contributed by atoms with Gasteiger partial charge in [0.15, 0.2) is 0 Å². The molecular formula is C18H26O2. The molecule has 0 aromatic carbocycles. The number of ether oxygens (including phenoxy) is 1. The van der Waals surface area contributed by atoms with Crippen LogP contribution in [-0.2, 0) is 4.74 Å². The summed E-state index contributed by atoms with van der Waals surface area (Å²) in [5.74, 6) is 3.93. The van der Waals surface area contributed by atoms with Crippen molar-refractivity contribution < 1.29 is 9.84 Å². The van der Waals surface area contributed by atoms with Crippen LogP contribution in [0.5, 0.6) is 0 Å². The highest BCUT2D eigenvalue weighted by molar-refractivity contribution is 5.32. The highest BCUT2D eigenvalue weighted by Crippen LogP contribution is 2.79. The van der Waals surface area contributed by atoms with Crippen molar-refractivity contribution in [3.05, 3.63) is 24.8 Å². The fourth-order valence-electron chi connectivity index (χ4n) is 5.88. The van der Waals surface area contributed by atoms with E-state index in [9.17, 15) is 5.11 Å². The number of hydrogen-bond donors (Lipinski definition) is 1. The second-order valence-corrected chi connectivity index (χ2v) is 8.32. The van der Waals surface area contributed by atoms with Gasteiger partial charge in [0.2, 0.25) is 0 Å². The summed E-state index contributed by atoms with van der Waals surface area (Å²) in [6.07, 6.45) is 8.33. The molecule has 110 valence electrons. The summed E-state index contributed by atoms with van der Waals surface area (Å²) in [5, 5.41) is 11.1. The van der Waals surface area contributed by atoms with Crippen molar-refractivity contribution >= 4 is 0 Å². The van der Waals surface area contributed by atoms with E-state index in [0.717, 1.165) is 18.3 Å².